The van der Waals surface area contributed by atoms with E-state index in [4.69, 9.17) is 4.74 Å². The van der Waals surface area contributed by atoms with Gasteiger partial charge in [0, 0.05) is 11.8 Å². The number of carbonyl (C=O) groups is 1. The van der Waals surface area contributed by atoms with E-state index in [9.17, 15) is 10.1 Å². The third kappa shape index (κ3) is 4.65. The van der Waals surface area contributed by atoms with Gasteiger partial charge in [-0.2, -0.15) is 5.26 Å². The number of benzene rings is 1. The maximum atomic E-state index is 12.1. The quantitative estimate of drug-likeness (QED) is 0.669. The summed E-state index contributed by atoms with van der Waals surface area (Å²) in [6, 6.07) is 9.74. The number of amides is 1. The molecule has 0 aliphatic heterocycles. The lowest BCUT2D eigenvalue weighted by atomic mass is 9.98. The summed E-state index contributed by atoms with van der Waals surface area (Å²) in [5.74, 6) is 1.06. The third-order valence-corrected chi connectivity index (χ3v) is 6.05. The molecule has 1 amide bonds. The number of hydrogen-bond acceptors (Lipinski definition) is 8. The summed E-state index contributed by atoms with van der Waals surface area (Å²) in [5, 5.41) is 24.1. The molecule has 3 rings (SSSR count). The number of nitriles is 1. The predicted molar refractivity (Wildman–Crippen MR) is 102 cm³/mol. The molecule has 7 nitrogen and oxygen atoms in total. The fraction of sp³-hybridized carbons (Fsp3) is 0.412. The molecule has 1 aromatic carbocycles. The number of nitrogens with one attached hydrogen (secondary N) is 2. The van der Waals surface area contributed by atoms with Crippen LogP contribution >= 0.6 is 23.1 Å². The van der Waals surface area contributed by atoms with Crippen LogP contribution in [-0.2, 0) is 4.79 Å². The zero-order valence-corrected chi connectivity index (χ0v) is 16.1. The first kappa shape index (κ1) is 18.5. The second-order valence-corrected chi connectivity index (χ2v) is 8.36. The van der Waals surface area contributed by atoms with Gasteiger partial charge in [0.1, 0.15) is 11.3 Å². The largest absolute Gasteiger partial charge is 0.497 e. The molecule has 1 fully saturated rings. The molecule has 0 bridgehead atoms. The van der Waals surface area contributed by atoms with Crippen LogP contribution in [0.15, 0.2) is 28.6 Å². The van der Waals surface area contributed by atoms with Crippen molar-refractivity contribution in [2.24, 2.45) is 5.92 Å². The van der Waals surface area contributed by atoms with E-state index >= 15 is 0 Å². The number of carbonyl (C=O) groups excluding carboxylic acids is 1. The van der Waals surface area contributed by atoms with E-state index in [0.717, 1.165) is 24.3 Å². The number of aromatic nitrogens is 2. The van der Waals surface area contributed by atoms with Crippen LogP contribution < -0.4 is 15.4 Å². The third-order valence-electron chi connectivity index (χ3n) is 4.08. The zero-order chi connectivity index (χ0) is 18.6. The van der Waals surface area contributed by atoms with E-state index in [1.54, 1.807) is 14.0 Å². The molecule has 1 aliphatic rings. The highest BCUT2D eigenvalue weighted by molar-refractivity contribution is 8.01. The van der Waals surface area contributed by atoms with Crippen LogP contribution in [-0.4, -0.2) is 34.5 Å². The van der Waals surface area contributed by atoms with Gasteiger partial charge in [-0.25, -0.2) is 0 Å². The Balaban J connectivity index is 1.52. The van der Waals surface area contributed by atoms with Crippen LogP contribution in [0.5, 0.6) is 5.75 Å². The van der Waals surface area contributed by atoms with Gasteiger partial charge in [-0.3, -0.25) is 4.79 Å². The number of methoxy groups -OCH3 is 1. The summed E-state index contributed by atoms with van der Waals surface area (Å²) in [6.45, 7) is 1.79. The van der Waals surface area contributed by atoms with Crippen LogP contribution in [0.3, 0.4) is 0 Å². The van der Waals surface area contributed by atoms with Crippen LogP contribution in [0.2, 0.25) is 0 Å². The van der Waals surface area contributed by atoms with Crippen LogP contribution in [0.4, 0.5) is 10.8 Å². The van der Waals surface area contributed by atoms with Gasteiger partial charge in [-0.1, -0.05) is 29.2 Å². The molecule has 1 aliphatic carbocycles. The van der Waals surface area contributed by atoms with Crippen molar-refractivity contribution >= 4 is 39.8 Å². The molecule has 26 heavy (non-hydrogen) atoms. The Hall–Kier alpha value is -2.31. The van der Waals surface area contributed by atoms with Crippen LogP contribution in [0.1, 0.15) is 19.8 Å². The van der Waals surface area contributed by atoms with Crippen molar-refractivity contribution in [1.82, 2.24) is 15.5 Å². The minimum absolute atomic E-state index is 0.163. The number of ether oxygens (including phenoxy) is 1. The first-order valence-electron chi connectivity index (χ1n) is 8.12. The molecule has 1 aromatic heterocycles. The number of hydrogen-bond donors (Lipinski definition) is 2. The van der Waals surface area contributed by atoms with Crippen LogP contribution in [0.25, 0.3) is 0 Å². The molecule has 0 saturated heterocycles. The fourth-order valence-corrected chi connectivity index (χ4v) is 4.05. The summed E-state index contributed by atoms with van der Waals surface area (Å²) in [4.78, 5) is 12.1. The Labute approximate surface area is 160 Å². The maximum absolute atomic E-state index is 12.1. The number of anilines is 2. The van der Waals surface area contributed by atoms with Crippen molar-refractivity contribution in [3.8, 4) is 11.8 Å². The average molecular weight is 390 g/mol. The van der Waals surface area contributed by atoms with Gasteiger partial charge < -0.3 is 15.4 Å². The number of nitrogens with zero attached hydrogens (tertiary/aromatic N) is 3. The molecule has 1 saturated carbocycles. The number of thioether (sulfide) groups is 1. The summed E-state index contributed by atoms with van der Waals surface area (Å²) in [6.07, 6.45) is 1.99. The first-order chi connectivity index (χ1) is 12.5. The Morgan fingerprint density at radius 1 is 1.50 bits per heavy atom. The molecule has 1 unspecified atom stereocenters. The molecule has 1 atom stereocenters. The Morgan fingerprint density at radius 3 is 3.00 bits per heavy atom. The van der Waals surface area contributed by atoms with E-state index in [2.05, 4.69) is 26.9 Å². The molecule has 9 heteroatoms. The van der Waals surface area contributed by atoms with Gasteiger partial charge in [-0.15, -0.1) is 10.2 Å². The van der Waals surface area contributed by atoms with Gasteiger partial charge in [0.25, 0.3) is 0 Å². The molecule has 0 spiro atoms. The van der Waals surface area contributed by atoms with Gasteiger partial charge in [0.15, 0.2) is 4.34 Å². The van der Waals surface area contributed by atoms with E-state index < -0.39 is 5.54 Å². The van der Waals surface area contributed by atoms with Crippen molar-refractivity contribution in [2.75, 3.05) is 18.2 Å². The van der Waals surface area contributed by atoms with E-state index in [1.165, 1.54) is 23.1 Å². The molecule has 1 heterocycles. The average Bonchev–Trinajstić information content (AvgIpc) is 3.42. The van der Waals surface area contributed by atoms with Gasteiger partial charge >= 0.3 is 0 Å². The van der Waals surface area contributed by atoms with Crippen molar-refractivity contribution in [1.29, 1.82) is 5.26 Å². The highest BCUT2D eigenvalue weighted by Crippen LogP contribution is 2.39. The second kappa shape index (κ2) is 7.93. The smallest absolute Gasteiger partial charge is 0.231 e. The normalized spacial score (nSPS) is 15.6. The Morgan fingerprint density at radius 2 is 2.31 bits per heavy atom. The monoisotopic (exact) mass is 389 g/mol. The molecular weight excluding hydrogens is 370 g/mol. The summed E-state index contributed by atoms with van der Waals surface area (Å²) in [7, 11) is 1.62. The highest BCUT2D eigenvalue weighted by atomic mass is 32.2. The highest BCUT2D eigenvalue weighted by Gasteiger charge is 2.42. The molecule has 136 valence electrons. The topological polar surface area (TPSA) is 99.9 Å². The van der Waals surface area contributed by atoms with E-state index in [1.807, 2.05) is 24.3 Å². The fourth-order valence-electron chi connectivity index (χ4n) is 2.48. The summed E-state index contributed by atoms with van der Waals surface area (Å²) in [5.41, 5.74) is 0.0849. The minimum atomic E-state index is -0.766. The van der Waals surface area contributed by atoms with Crippen molar-refractivity contribution in [3.05, 3.63) is 24.3 Å². The predicted octanol–water partition coefficient (Wildman–Crippen LogP) is 3.19. The lowest BCUT2D eigenvalue weighted by Gasteiger charge is -2.22. The van der Waals surface area contributed by atoms with Gasteiger partial charge in [-0.05, 0) is 37.8 Å². The first-order valence-corrected chi connectivity index (χ1v) is 9.92. The maximum Gasteiger partial charge on any atom is 0.231 e. The lowest BCUT2D eigenvalue weighted by molar-refractivity contribution is -0.119. The van der Waals surface area contributed by atoms with Gasteiger partial charge in [0.05, 0.1) is 18.9 Å². The lowest BCUT2D eigenvalue weighted by Crippen LogP contribution is -2.47. The molecular formula is C17H19N5O2S2. The molecule has 2 N–H and O–H groups in total. The summed E-state index contributed by atoms with van der Waals surface area (Å²) < 4.78 is 5.88. The number of rotatable bonds is 8. The van der Waals surface area contributed by atoms with Crippen molar-refractivity contribution in [3.63, 3.8) is 0 Å². The SMILES string of the molecule is COc1cccc(Nc2nnc(SCC(=O)NC(C)(C#N)C3CC3)s2)c1. The van der Waals surface area contributed by atoms with Crippen LogP contribution in [0, 0.1) is 17.2 Å². The standard InChI is InChI=1S/C17H19N5O2S2/c1-17(10-18,11-6-7-11)20-14(23)9-25-16-22-21-15(26-16)19-12-4-3-5-13(8-12)24-2/h3-5,8,11H,6-7,9H2,1-2H3,(H,19,21)(H,20,23). The summed E-state index contributed by atoms with van der Waals surface area (Å²) >= 11 is 2.68. The van der Waals surface area contributed by atoms with E-state index in [0.29, 0.717) is 9.47 Å². The second-order valence-electron chi connectivity index (χ2n) is 6.16. The van der Waals surface area contributed by atoms with Crippen molar-refractivity contribution < 1.29 is 9.53 Å². The van der Waals surface area contributed by atoms with Crippen molar-refractivity contribution in [2.45, 2.75) is 29.6 Å². The molecule has 2 aromatic rings. The Bertz CT molecular complexity index is 831. The minimum Gasteiger partial charge on any atom is -0.497 e. The van der Waals surface area contributed by atoms with E-state index in [-0.39, 0.29) is 17.6 Å². The molecule has 0 radical (unpaired) electrons. The Kier molecular flexibility index (Phi) is 5.64. The zero-order valence-electron chi connectivity index (χ0n) is 14.5. The van der Waals surface area contributed by atoms with Gasteiger partial charge in [0.2, 0.25) is 11.0 Å².